The number of hydrogen-bond donors (Lipinski definition) is 0. The first-order chi connectivity index (χ1) is 14.8. The van der Waals surface area contributed by atoms with Gasteiger partial charge >= 0.3 is 0 Å². The van der Waals surface area contributed by atoms with Crippen molar-refractivity contribution in [1.29, 1.82) is 0 Å². The smallest absolute Gasteiger partial charge is 0.212 e. The minimum Gasteiger partial charge on any atom is -0.289 e. The molecule has 0 aliphatic heterocycles. The molecular formula is C27H27Br2NO2. The zero-order valence-corrected chi connectivity index (χ0v) is 22.4. The molecule has 5 heteroatoms. The van der Waals surface area contributed by atoms with E-state index in [2.05, 4.69) is 78.4 Å². The fourth-order valence-corrected chi connectivity index (χ4v) is 4.29. The van der Waals surface area contributed by atoms with E-state index in [4.69, 9.17) is 0 Å². The van der Waals surface area contributed by atoms with E-state index in [1.54, 1.807) is 6.07 Å². The Kier molecular flexibility index (Phi) is 6.92. The second-order valence-corrected chi connectivity index (χ2v) is 11.6. The van der Waals surface area contributed by atoms with Crippen molar-refractivity contribution in [2.45, 2.75) is 52.4 Å². The van der Waals surface area contributed by atoms with E-state index < -0.39 is 0 Å². The highest BCUT2D eigenvalue weighted by molar-refractivity contribution is 9.11. The summed E-state index contributed by atoms with van der Waals surface area (Å²) in [5, 5.41) is 0. The summed E-state index contributed by atoms with van der Waals surface area (Å²) < 4.78 is 0.834. The summed E-state index contributed by atoms with van der Waals surface area (Å²) in [6.45, 7) is 12.8. The number of halogens is 2. The minimum atomic E-state index is -0.202. The fraction of sp³-hybridized carbons (Fsp3) is 0.296. The van der Waals surface area contributed by atoms with Gasteiger partial charge in [-0.25, -0.2) is 4.98 Å². The molecule has 0 atom stereocenters. The molecule has 0 aliphatic carbocycles. The number of pyridine rings is 1. The van der Waals surface area contributed by atoms with E-state index in [9.17, 15) is 9.59 Å². The van der Waals surface area contributed by atoms with Crippen LogP contribution < -0.4 is 0 Å². The van der Waals surface area contributed by atoms with Crippen LogP contribution in [0.1, 0.15) is 84.6 Å². The second-order valence-electron chi connectivity index (χ2n) is 9.97. The van der Waals surface area contributed by atoms with Gasteiger partial charge in [-0.15, -0.1) is 0 Å². The molecule has 0 unspecified atom stereocenters. The van der Waals surface area contributed by atoms with Crippen molar-refractivity contribution in [1.82, 2.24) is 4.98 Å². The molecule has 1 heterocycles. The SMILES string of the molecule is CC(C)(C)c1ccc(C(=O)c2cc(Br)c(C(=O)c3ccc(C(C)(C)C)cc3)nc2Br)cc1. The van der Waals surface area contributed by atoms with Gasteiger partial charge in [-0.1, -0.05) is 90.1 Å². The number of aromatic nitrogens is 1. The summed E-state index contributed by atoms with van der Waals surface area (Å²) in [4.78, 5) is 30.6. The molecule has 0 aliphatic rings. The zero-order chi connectivity index (χ0) is 23.8. The molecule has 0 spiro atoms. The van der Waals surface area contributed by atoms with Crippen molar-refractivity contribution in [3.05, 3.63) is 97.2 Å². The Labute approximate surface area is 206 Å². The van der Waals surface area contributed by atoms with Crippen LogP contribution in [0.3, 0.4) is 0 Å². The molecule has 2 aromatic carbocycles. The lowest BCUT2D eigenvalue weighted by molar-refractivity contribution is 0.102. The summed E-state index contributed by atoms with van der Waals surface area (Å²) in [7, 11) is 0. The van der Waals surface area contributed by atoms with Gasteiger partial charge in [0.25, 0.3) is 0 Å². The minimum absolute atomic E-state index is 0.0104. The Balaban J connectivity index is 1.91. The zero-order valence-electron chi connectivity index (χ0n) is 19.2. The van der Waals surface area contributed by atoms with Crippen LogP contribution in [-0.2, 0) is 10.8 Å². The molecule has 0 bridgehead atoms. The molecule has 3 nitrogen and oxygen atoms in total. The molecule has 32 heavy (non-hydrogen) atoms. The summed E-state index contributed by atoms with van der Waals surface area (Å²) in [6.07, 6.45) is 0. The molecule has 3 aromatic rings. The maximum Gasteiger partial charge on any atom is 0.212 e. The average Bonchev–Trinajstić information content (AvgIpc) is 2.73. The molecule has 3 rings (SSSR count). The van der Waals surface area contributed by atoms with E-state index in [1.807, 2.05) is 48.5 Å². The highest BCUT2D eigenvalue weighted by Gasteiger charge is 2.22. The van der Waals surface area contributed by atoms with E-state index in [1.165, 1.54) is 0 Å². The topological polar surface area (TPSA) is 47.0 Å². The number of carbonyl (C=O) groups excluding carboxylic acids is 2. The van der Waals surface area contributed by atoms with Crippen molar-refractivity contribution in [3.63, 3.8) is 0 Å². The van der Waals surface area contributed by atoms with Crippen LogP contribution in [0.2, 0.25) is 0 Å². The van der Waals surface area contributed by atoms with Crippen molar-refractivity contribution < 1.29 is 9.59 Å². The first kappa shape index (κ1) is 24.5. The fourth-order valence-electron chi connectivity index (χ4n) is 3.32. The first-order valence-corrected chi connectivity index (χ1v) is 12.0. The number of ketones is 2. The van der Waals surface area contributed by atoms with Gasteiger partial charge in [0, 0.05) is 15.6 Å². The van der Waals surface area contributed by atoms with Gasteiger partial charge in [0.2, 0.25) is 5.78 Å². The number of carbonyl (C=O) groups is 2. The first-order valence-electron chi connectivity index (χ1n) is 10.5. The Hall–Kier alpha value is -2.11. The quantitative estimate of drug-likeness (QED) is 0.245. The predicted molar refractivity (Wildman–Crippen MR) is 137 cm³/mol. The highest BCUT2D eigenvalue weighted by atomic mass is 79.9. The standard InChI is InChI=1S/C27H27Br2NO2/c1-26(2,3)18-11-7-16(8-12-18)23(31)20-15-21(28)22(30-25(20)29)24(32)17-9-13-19(14-10-17)27(4,5)6/h7-15H,1-6H3. The van der Waals surface area contributed by atoms with Crippen LogP contribution in [-0.4, -0.2) is 16.6 Å². The third-order valence-electron chi connectivity index (χ3n) is 5.42. The lowest BCUT2D eigenvalue weighted by atomic mass is 9.86. The number of hydrogen-bond acceptors (Lipinski definition) is 3. The van der Waals surface area contributed by atoms with Gasteiger partial charge in [0.05, 0.1) is 5.56 Å². The summed E-state index contributed by atoms with van der Waals surface area (Å²) in [6, 6.07) is 16.9. The Morgan fingerprint density at radius 2 is 1.09 bits per heavy atom. The van der Waals surface area contributed by atoms with Crippen LogP contribution in [0.25, 0.3) is 0 Å². The molecule has 1 aromatic heterocycles. The van der Waals surface area contributed by atoms with Crippen molar-refractivity contribution in [2.75, 3.05) is 0 Å². The van der Waals surface area contributed by atoms with Crippen molar-refractivity contribution in [3.8, 4) is 0 Å². The van der Waals surface area contributed by atoms with Gasteiger partial charge in [0.1, 0.15) is 10.3 Å². The van der Waals surface area contributed by atoms with Crippen LogP contribution in [0, 0.1) is 0 Å². The molecule has 0 N–H and O–H groups in total. The summed E-state index contributed by atoms with van der Waals surface area (Å²) in [5.74, 6) is -0.356. The second kappa shape index (κ2) is 9.03. The van der Waals surface area contributed by atoms with Gasteiger partial charge in [-0.3, -0.25) is 9.59 Å². The summed E-state index contributed by atoms with van der Waals surface area (Å²) in [5.41, 5.74) is 4.13. The molecule has 166 valence electrons. The third-order valence-corrected chi connectivity index (χ3v) is 6.62. The van der Waals surface area contributed by atoms with Crippen LogP contribution in [0.4, 0.5) is 0 Å². The van der Waals surface area contributed by atoms with Crippen LogP contribution in [0.5, 0.6) is 0 Å². The van der Waals surface area contributed by atoms with Crippen molar-refractivity contribution in [2.24, 2.45) is 0 Å². The van der Waals surface area contributed by atoms with E-state index in [-0.39, 0.29) is 28.1 Å². The van der Waals surface area contributed by atoms with E-state index in [0.717, 1.165) is 11.1 Å². The van der Waals surface area contributed by atoms with Gasteiger partial charge in [0.15, 0.2) is 5.78 Å². The number of rotatable bonds is 4. The Morgan fingerprint density at radius 3 is 1.50 bits per heavy atom. The number of benzene rings is 2. The van der Waals surface area contributed by atoms with Gasteiger partial charge in [-0.2, -0.15) is 0 Å². The van der Waals surface area contributed by atoms with Crippen LogP contribution in [0.15, 0.2) is 63.7 Å². The monoisotopic (exact) mass is 555 g/mol. The van der Waals surface area contributed by atoms with Gasteiger partial charge < -0.3 is 0 Å². The lowest BCUT2D eigenvalue weighted by Gasteiger charge is -2.19. The lowest BCUT2D eigenvalue weighted by Crippen LogP contribution is -2.13. The normalized spacial score (nSPS) is 12.0. The van der Waals surface area contributed by atoms with Crippen molar-refractivity contribution >= 4 is 43.4 Å². The van der Waals surface area contributed by atoms with E-state index in [0.29, 0.717) is 25.8 Å². The van der Waals surface area contributed by atoms with Crippen LogP contribution >= 0.6 is 31.9 Å². The highest BCUT2D eigenvalue weighted by Crippen LogP contribution is 2.29. The van der Waals surface area contributed by atoms with E-state index >= 15 is 0 Å². The van der Waals surface area contributed by atoms with Gasteiger partial charge in [-0.05, 0) is 59.9 Å². The predicted octanol–water partition coefficient (Wildman–Crippen LogP) is 7.66. The average molecular weight is 557 g/mol. The molecule has 0 saturated heterocycles. The Morgan fingerprint density at radius 1 is 0.688 bits per heavy atom. The molecule has 0 amide bonds. The maximum absolute atomic E-state index is 13.1. The maximum atomic E-state index is 13.1. The largest absolute Gasteiger partial charge is 0.289 e. The molecule has 0 radical (unpaired) electrons. The number of nitrogens with zero attached hydrogens (tertiary/aromatic N) is 1. The molecule has 0 fully saturated rings. The molecular weight excluding hydrogens is 530 g/mol. The molecule has 0 saturated carbocycles. The summed E-state index contributed by atoms with van der Waals surface area (Å²) >= 11 is 6.85. The third kappa shape index (κ3) is 5.26. The Bertz CT molecular complexity index is 1070.